The summed E-state index contributed by atoms with van der Waals surface area (Å²) >= 11 is 0. The second kappa shape index (κ2) is 12.6. The standard InChI is InChI=1S/C34H52N2O6/c1-13-29(37)39-27-19-31(5,6)35(32(7,8)20-27)41-23(3)25-15-17-26(18-16-25)24(4)42-36-33(9,10)21-28(22-34(36,11)12)40-30(38)14-2/h13-18,23-24,27-28H,1-2,19-22H2,3-12H3. The van der Waals surface area contributed by atoms with E-state index in [4.69, 9.17) is 19.1 Å². The van der Waals surface area contributed by atoms with Gasteiger partial charge in [0.05, 0.1) is 0 Å². The number of hydroxylamine groups is 4. The van der Waals surface area contributed by atoms with Crippen LogP contribution >= 0.6 is 0 Å². The molecule has 0 saturated carbocycles. The summed E-state index contributed by atoms with van der Waals surface area (Å²) in [6.07, 6.45) is 4.33. The van der Waals surface area contributed by atoms with Crippen LogP contribution in [0.25, 0.3) is 0 Å². The monoisotopic (exact) mass is 584 g/mol. The zero-order valence-corrected chi connectivity index (χ0v) is 27.4. The summed E-state index contributed by atoms with van der Waals surface area (Å²) in [4.78, 5) is 36.9. The van der Waals surface area contributed by atoms with Gasteiger partial charge >= 0.3 is 11.9 Å². The van der Waals surface area contributed by atoms with E-state index < -0.39 is 11.9 Å². The summed E-state index contributed by atoms with van der Waals surface area (Å²) in [5.74, 6) is -0.781. The van der Waals surface area contributed by atoms with Gasteiger partial charge in [-0.1, -0.05) is 37.4 Å². The highest BCUT2D eigenvalue weighted by Gasteiger charge is 2.49. The van der Waals surface area contributed by atoms with Crippen molar-refractivity contribution >= 4 is 11.9 Å². The van der Waals surface area contributed by atoms with E-state index in [2.05, 4.69) is 117 Å². The number of carbonyl (C=O) groups excluding carboxylic acids is 2. The Hall–Kier alpha value is -2.52. The molecule has 8 heteroatoms. The summed E-state index contributed by atoms with van der Waals surface area (Å²) in [6, 6.07) is 8.37. The van der Waals surface area contributed by atoms with Gasteiger partial charge in [-0.25, -0.2) is 9.59 Å². The molecule has 0 N–H and O–H groups in total. The van der Waals surface area contributed by atoms with Crippen LogP contribution in [0.5, 0.6) is 0 Å². The SMILES string of the molecule is C=CC(=O)OC1CC(C)(C)N(OC(C)c2ccc(C(C)ON3C(C)(C)CC(OC(=O)C=C)CC3(C)C)cc2)C(C)(C)C1. The van der Waals surface area contributed by atoms with Crippen LogP contribution in [0.3, 0.4) is 0 Å². The molecule has 1 aromatic rings. The predicted molar refractivity (Wildman–Crippen MR) is 164 cm³/mol. The van der Waals surface area contributed by atoms with Crippen LogP contribution in [0.15, 0.2) is 49.6 Å². The van der Waals surface area contributed by atoms with Crippen molar-refractivity contribution in [2.24, 2.45) is 0 Å². The van der Waals surface area contributed by atoms with Crippen LogP contribution < -0.4 is 0 Å². The Balaban J connectivity index is 1.67. The zero-order valence-electron chi connectivity index (χ0n) is 27.4. The molecule has 3 rings (SSSR count). The third kappa shape index (κ3) is 7.90. The molecule has 0 radical (unpaired) electrons. The number of carbonyl (C=O) groups is 2. The van der Waals surface area contributed by atoms with Crippen molar-refractivity contribution in [3.63, 3.8) is 0 Å². The zero-order chi connectivity index (χ0) is 31.7. The van der Waals surface area contributed by atoms with E-state index in [-0.39, 0.29) is 46.6 Å². The highest BCUT2D eigenvalue weighted by molar-refractivity contribution is 5.81. The molecule has 2 saturated heterocycles. The van der Waals surface area contributed by atoms with Crippen LogP contribution in [0, 0.1) is 0 Å². The highest BCUT2D eigenvalue weighted by Crippen LogP contribution is 2.43. The largest absolute Gasteiger partial charge is 0.459 e. The van der Waals surface area contributed by atoms with Crippen molar-refractivity contribution < 1.29 is 28.7 Å². The predicted octanol–water partition coefficient (Wildman–Crippen LogP) is 7.17. The van der Waals surface area contributed by atoms with Crippen LogP contribution in [0.4, 0.5) is 0 Å². The van der Waals surface area contributed by atoms with Gasteiger partial charge in [0.15, 0.2) is 0 Å². The van der Waals surface area contributed by atoms with Crippen LogP contribution in [0.2, 0.25) is 0 Å². The van der Waals surface area contributed by atoms with Crippen molar-refractivity contribution in [1.29, 1.82) is 0 Å². The topological polar surface area (TPSA) is 77.5 Å². The number of hydrogen-bond acceptors (Lipinski definition) is 8. The number of rotatable bonds is 10. The van der Waals surface area contributed by atoms with Crippen molar-refractivity contribution in [3.05, 3.63) is 60.7 Å². The first-order valence-electron chi connectivity index (χ1n) is 15.0. The minimum atomic E-state index is -0.390. The molecule has 1 aromatic carbocycles. The van der Waals surface area contributed by atoms with Gasteiger partial charge < -0.3 is 9.47 Å². The van der Waals surface area contributed by atoms with E-state index in [0.29, 0.717) is 25.7 Å². The lowest BCUT2D eigenvalue weighted by Crippen LogP contribution is -2.62. The molecular weight excluding hydrogens is 532 g/mol. The molecule has 2 unspecified atom stereocenters. The summed E-state index contributed by atoms with van der Waals surface area (Å²) < 4.78 is 11.2. The maximum atomic E-state index is 11.8. The molecule has 8 nitrogen and oxygen atoms in total. The number of piperidine rings is 2. The van der Waals surface area contributed by atoms with Crippen LogP contribution in [-0.2, 0) is 28.7 Å². The molecule has 0 bridgehead atoms. The Bertz CT molecular complexity index is 1010. The molecule has 0 amide bonds. The van der Waals surface area contributed by atoms with E-state index in [1.54, 1.807) is 0 Å². The highest BCUT2D eigenvalue weighted by atomic mass is 16.7. The lowest BCUT2D eigenvalue weighted by molar-refractivity contribution is -0.314. The van der Waals surface area contributed by atoms with Crippen molar-refractivity contribution in [2.45, 2.75) is 141 Å². The van der Waals surface area contributed by atoms with Gasteiger partial charge in [-0.2, -0.15) is 10.1 Å². The van der Waals surface area contributed by atoms with Gasteiger partial charge in [0.1, 0.15) is 24.4 Å². The number of ether oxygens (including phenoxy) is 2. The second-order valence-electron chi connectivity index (χ2n) is 14.3. The smallest absolute Gasteiger partial charge is 0.330 e. The second-order valence-corrected chi connectivity index (χ2v) is 14.3. The Labute approximate surface area is 252 Å². The summed E-state index contributed by atoms with van der Waals surface area (Å²) in [5.41, 5.74) is 0.734. The van der Waals surface area contributed by atoms with Gasteiger partial charge in [-0.05, 0) is 80.4 Å². The summed E-state index contributed by atoms with van der Waals surface area (Å²) in [6.45, 7) is 28.1. The summed E-state index contributed by atoms with van der Waals surface area (Å²) in [7, 11) is 0. The van der Waals surface area contributed by atoms with Crippen molar-refractivity contribution in [3.8, 4) is 0 Å². The van der Waals surface area contributed by atoms with E-state index in [0.717, 1.165) is 11.1 Å². The Kier molecular flexibility index (Phi) is 10.2. The number of esters is 2. The van der Waals surface area contributed by atoms with E-state index in [1.165, 1.54) is 12.2 Å². The minimum Gasteiger partial charge on any atom is -0.459 e. The fourth-order valence-corrected chi connectivity index (χ4v) is 6.98. The lowest BCUT2D eigenvalue weighted by Gasteiger charge is -2.54. The third-order valence-corrected chi connectivity index (χ3v) is 8.41. The fraction of sp³-hybridized carbons (Fsp3) is 0.647. The van der Waals surface area contributed by atoms with Crippen LogP contribution in [-0.4, -0.2) is 56.4 Å². The first kappa shape index (κ1) is 34.0. The van der Waals surface area contributed by atoms with Gasteiger partial charge in [0.2, 0.25) is 0 Å². The molecule has 2 aliphatic heterocycles. The molecule has 0 aliphatic carbocycles. The van der Waals surface area contributed by atoms with Gasteiger partial charge in [-0.3, -0.25) is 9.68 Å². The molecule has 0 spiro atoms. The van der Waals surface area contributed by atoms with Crippen molar-refractivity contribution in [1.82, 2.24) is 10.1 Å². The molecule has 2 aliphatic rings. The Morgan fingerprint density at radius 2 is 0.929 bits per heavy atom. The number of benzene rings is 1. The van der Waals surface area contributed by atoms with Crippen molar-refractivity contribution in [2.75, 3.05) is 0 Å². The summed E-state index contributed by atoms with van der Waals surface area (Å²) in [5, 5.41) is 4.14. The van der Waals surface area contributed by atoms with E-state index >= 15 is 0 Å². The maximum Gasteiger partial charge on any atom is 0.330 e. The molecule has 0 aromatic heterocycles. The fourth-order valence-electron chi connectivity index (χ4n) is 6.98. The Morgan fingerprint density at radius 3 is 1.17 bits per heavy atom. The number of nitrogens with zero attached hydrogens (tertiary/aromatic N) is 2. The molecule has 2 fully saturated rings. The molecular formula is C34H52N2O6. The van der Waals surface area contributed by atoms with E-state index in [1.807, 2.05) is 0 Å². The first-order valence-corrected chi connectivity index (χ1v) is 15.0. The van der Waals surface area contributed by atoms with Gasteiger partial charge in [-0.15, -0.1) is 0 Å². The molecule has 234 valence electrons. The average Bonchev–Trinajstić information content (AvgIpc) is 2.87. The van der Waals surface area contributed by atoms with Gasteiger partial charge in [0, 0.05) is 60.0 Å². The average molecular weight is 585 g/mol. The minimum absolute atomic E-state index is 0.184. The van der Waals surface area contributed by atoms with E-state index in [9.17, 15) is 9.59 Å². The van der Waals surface area contributed by atoms with Crippen LogP contribution in [0.1, 0.15) is 118 Å². The maximum absolute atomic E-state index is 11.8. The molecule has 2 atom stereocenters. The lowest BCUT2D eigenvalue weighted by atomic mass is 9.80. The third-order valence-electron chi connectivity index (χ3n) is 8.41. The number of hydrogen-bond donors (Lipinski definition) is 0. The Morgan fingerprint density at radius 1 is 0.667 bits per heavy atom. The quantitative estimate of drug-likeness (QED) is 0.212. The molecule has 42 heavy (non-hydrogen) atoms. The van der Waals surface area contributed by atoms with Gasteiger partial charge in [0.25, 0.3) is 0 Å². The normalized spacial score (nSPS) is 23.9. The first-order chi connectivity index (χ1) is 19.3. The molecule has 2 heterocycles.